The van der Waals surface area contributed by atoms with Gasteiger partial charge in [-0.3, -0.25) is 9.59 Å². The maximum atomic E-state index is 15.6. The highest BCUT2D eigenvalue weighted by Crippen LogP contribution is 2.47. The molecule has 0 spiro atoms. The molecule has 0 saturated carbocycles. The van der Waals surface area contributed by atoms with Crippen molar-refractivity contribution in [3.05, 3.63) is 70.3 Å². The standard InChI is InChI=1S/C29H29FN4O3/c1-32(2)29(36)21-16-34-25-19-9-5-4-7-17(19)10-11-23(25)37-28-24(22(30)15-20(26(28)34)27(21)35)31-13-12-18-8-6-14-33(18)3/h4-5,7,9-11,15-16,18,31H,6,8,12-14H2,1-3H3. The molecule has 7 nitrogen and oxygen atoms in total. The maximum absolute atomic E-state index is 15.6. The molecule has 1 atom stereocenters. The molecule has 3 heterocycles. The Bertz CT molecular complexity index is 1630. The van der Waals surface area contributed by atoms with Crippen molar-refractivity contribution in [1.82, 2.24) is 14.4 Å². The number of rotatable bonds is 5. The Morgan fingerprint density at radius 3 is 2.76 bits per heavy atom. The van der Waals surface area contributed by atoms with Crippen molar-refractivity contribution in [2.24, 2.45) is 0 Å². The van der Waals surface area contributed by atoms with Gasteiger partial charge < -0.3 is 24.4 Å². The van der Waals surface area contributed by atoms with E-state index < -0.39 is 17.2 Å². The van der Waals surface area contributed by atoms with Crippen molar-refractivity contribution >= 4 is 33.3 Å². The summed E-state index contributed by atoms with van der Waals surface area (Å²) < 4.78 is 23.8. The van der Waals surface area contributed by atoms with Gasteiger partial charge in [-0.2, -0.15) is 0 Å². The van der Waals surface area contributed by atoms with Crippen LogP contribution < -0.4 is 15.5 Å². The van der Waals surface area contributed by atoms with Gasteiger partial charge in [-0.05, 0) is 50.4 Å². The highest BCUT2D eigenvalue weighted by Gasteiger charge is 2.30. The zero-order chi connectivity index (χ0) is 25.8. The average Bonchev–Trinajstić information content (AvgIpc) is 3.30. The van der Waals surface area contributed by atoms with Crippen LogP contribution in [0.4, 0.5) is 10.1 Å². The molecule has 1 unspecified atom stereocenters. The van der Waals surface area contributed by atoms with E-state index in [1.807, 2.05) is 41.0 Å². The number of fused-ring (bicyclic) bond motifs is 4. The van der Waals surface area contributed by atoms with Gasteiger partial charge in [-0.1, -0.05) is 30.3 Å². The smallest absolute Gasteiger partial charge is 0.258 e. The second-order valence-corrected chi connectivity index (χ2v) is 10.1. The summed E-state index contributed by atoms with van der Waals surface area (Å²) in [6.45, 7) is 1.65. The van der Waals surface area contributed by atoms with Gasteiger partial charge in [-0.25, -0.2) is 4.39 Å². The highest BCUT2D eigenvalue weighted by molar-refractivity contribution is 6.03. The number of carbonyl (C=O) groups excluding carboxylic acids is 1. The third-order valence-electron chi connectivity index (χ3n) is 7.60. The van der Waals surface area contributed by atoms with Crippen molar-refractivity contribution < 1.29 is 13.9 Å². The summed E-state index contributed by atoms with van der Waals surface area (Å²) in [5.41, 5.74) is 0.858. The number of amides is 1. The number of hydrogen-bond acceptors (Lipinski definition) is 5. The van der Waals surface area contributed by atoms with Crippen LogP contribution >= 0.6 is 0 Å². The van der Waals surface area contributed by atoms with Crippen molar-refractivity contribution in [3.8, 4) is 17.2 Å². The first kappa shape index (κ1) is 23.5. The third-order valence-corrected chi connectivity index (χ3v) is 7.60. The zero-order valence-electron chi connectivity index (χ0n) is 21.2. The molecule has 1 saturated heterocycles. The lowest BCUT2D eigenvalue weighted by atomic mass is 10.0. The number of ether oxygens (including phenoxy) is 1. The van der Waals surface area contributed by atoms with Gasteiger partial charge in [0.2, 0.25) is 5.43 Å². The highest BCUT2D eigenvalue weighted by atomic mass is 19.1. The molecule has 3 aromatic carbocycles. The van der Waals surface area contributed by atoms with E-state index in [-0.39, 0.29) is 22.4 Å². The average molecular weight is 501 g/mol. The van der Waals surface area contributed by atoms with Crippen LogP contribution in [0.25, 0.3) is 27.4 Å². The predicted molar refractivity (Wildman–Crippen MR) is 144 cm³/mol. The Hall–Kier alpha value is -3.91. The number of nitrogens with zero attached hydrogens (tertiary/aromatic N) is 3. The van der Waals surface area contributed by atoms with E-state index in [0.717, 1.165) is 30.2 Å². The normalized spacial score (nSPS) is 16.6. The lowest BCUT2D eigenvalue weighted by molar-refractivity contribution is 0.0826. The van der Waals surface area contributed by atoms with E-state index in [9.17, 15) is 9.59 Å². The van der Waals surface area contributed by atoms with Crippen LogP contribution in [0.5, 0.6) is 11.5 Å². The Kier molecular flexibility index (Phi) is 5.64. The molecule has 8 heteroatoms. The summed E-state index contributed by atoms with van der Waals surface area (Å²) in [5, 5.41) is 5.26. The van der Waals surface area contributed by atoms with E-state index in [2.05, 4.69) is 17.3 Å². The van der Waals surface area contributed by atoms with Gasteiger partial charge in [0.15, 0.2) is 17.3 Å². The molecule has 0 aliphatic carbocycles. The van der Waals surface area contributed by atoms with Crippen molar-refractivity contribution in [1.29, 1.82) is 0 Å². The Morgan fingerprint density at radius 1 is 1.19 bits per heavy atom. The van der Waals surface area contributed by atoms with E-state index in [0.29, 0.717) is 29.5 Å². The first-order chi connectivity index (χ1) is 17.8. The Balaban J connectivity index is 1.57. The summed E-state index contributed by atoms with van der Waals surface area (Å²) in [6, 6.07) is 13.3. The van der Waals surface area contributed by atoms with Crippen molar-refractivity contribution in [2.45, 2.75) is 25.3 Å². The number of halogens is 1. The second-order valence-electron chi connectivity index (χ2n) is 10.1. The minimum absolute atomic E-state index is 0.0198. The topological polar surface area (TPSA) is 66.8 Å². The van der Waals surface area contributed by atoms with Gasteiger partial charge >= 0.3 is 0 Å². The number of hydrogen-bond donors (Lipinski definition) is 1. The quantitative estimate of drug-likeness (QED) is 0.369. The first-order valence-electron chi connectivity index (χ1n) is 12.6. The number of anilines is 1. The molecule has 4 aromatic rings. The van der Waals surface area contributed by atoms with Gasteiger partial charge in [-0.15, -0.1) is 0 Å². The number of nitrogens with one attached hydrogen (secondary N) is 1. The second kappa shape index (κ2) is 8.88. The minimum Gasteiger partial charge on any atom is -0.451 e. The van der Waals surface area contributed by atoms with Crippen LogP contribution in [0.15, 0.2) is 53.5 Å². The molecule has 190 valence electrons. The fourth-order valence-electron chi connectivity index (χ4n) is 5.64. The molecule has 0 radical (unpaired) electrons. The van der Waals surface area contributed by atoms with Gasteiger partial charge in [0, 0.05) is 38.3 Å². The van der Waals surface area contributed by atoms with Gasteiger partial charge in [0.25, 0.3) is 5.91 Å². The summed E-state index contributed by atoms with van der Waals surface area (Å²) in [6.07, 6.45) is 4.74. The molecule has 0 bridgehead atoms. The minimum atomic E-state index is -0.579. The number of pyridine rings is 1. The van der Waals surface area contributed by atoms with Gasteiger partial charge in [0.1, 0.15) is 16.8 Å². The van der Waals surface area contributed by atoms with Crippen LogP contribution in [0, 0.1) is 5.82 Å². The van der Waals surface area contributed by atoms with E-state index in [1.54, 1.807) is 20.3 Å². The zero-order valence-corrected chi connectivity index (χ0v) is 21.2. The molecule has 1 fully saturated rings. The molecule has 37 heavy (non-hydrogen) atoms. The SMILES string of the molecule is CN(C)C(=O)c1cn2c3c(c(NCCC4CCCN4C)c(F)cc3c1=O)Oc1ccc3ccccc3c1-2. The molecular weight excluding hydrogens is 471 g/mol. The van der Waals surface area contributed by atoms with Crippen LogP contribution in [0.2, 0.25) is 0 Å². The van der Waals surface area contributed by atoms with Crippen LogP contribution in [0.1, 0.15) is 29.6 Å². The number of carbonyl (C=O) groups is 1. The number of likely N-dealkylation sites (tertiary alicyclic amines) is 1. The summed E-state index contributed by atoms with van der Waals surface area (Å²) >= 11 is 0. The van der Waals surface area contributed by atoms with E-state index >= 15 is 4.39 Å². The first-order valence-corrected chi connectivity index (χ1v) is 12.6. The Morgan fingerprint density at radius 2 is 2.00 bits per heavy atom. The monoisotopic (exact) mass is 500 g/mol. The number of benzene rings is 3. The van der Waals surface area contributed by atoms with Crippen LogP contribution in [0.3, 0.4) is 0 Å². The molecule has 2 aliphatic rings. The third kappa shape index (κ3) is 3.74. The molecule has 6 rings (SSSR count). The predicted octanol–water partition coefficient (Wildman–Crippen LogP) is 4.99. The summed E-state index contributed by atoms with van der Waals surface area (Å²) in [5.74, 6) is -0.222. The van der Waals surface area contributed by atoms with E-state index in [4.69, 9.17) is 4.74 Å². The molecule has 1 aromatic heterocycles. The molecule has 1 amide bonds. The van der Waals surface area contributed by atoms with E-state index in [1.165, 1.54) is 17.4 Å². The Labute approximate surface area is 214 Å². The fourth-order valence-corrected chi connectivity index (χ4v) is 5.64. The molecule has 2 aliphatic heterocycles. The van der Waals surface area contributed by atoms with Gasteiger partial charge in [0.05, 0.1) is 11.1 Å². The fraction of sp³-hybridized carbons (Fsp3) is 0.310. The largest absolute Gasteiger partial charge is 0.451 e. The molecule has 1 N–H and O–H groups in total. The summed E-state index contributed by atoms with van der Waals surface area (Å²) in [7, 11) is 5.30. The van der Waals surface area contributed by atoms with Crippen LogP contribution in [-0.4, -0.2) is 60.5 Å². The van der Waals surface area contributed by atoms with Crippen molar-refractivity contribution in [2.75, 3.05) is 39.5 Å². The van der Waals surface area contributed by atoms with Crippen LogP contribution in [-0.2, 0) is 0 Å². The maximum Gasteiger partial charge on any atom is 0.258 e. The van der Waals surface area contributed by atoms with Crippen molar-refractivity contribution in [3.63, 3.8) is 0 Å². The number of aromatic nitrogens is 1. The summed E-state index contributed by atoms with van der Waals surface area (Å²) in [4.78, 5) is 30.1. The lowest BCUT2D eigenvalue weighted by Gasteiger charge is -2.28. The molecular formula is C29H29FN4O3. The lowest BCUT2D eigenvalue weighted by Crippen LogP contribution is -2.29.